The van der Waals surface area contributed by atoms with Gasteiger partial charge in [0.2, 0.25) is 11.7 Å². The lowest BCUT2D eigenvalue weighted by Gasteiger charge is -2.28. The van der Waals surface area contributed by atoms with Gasteiger partial charge in [-0.05, 0) is 53.4 Å². The van der Waals surface area contributed by atoms with E-state index < -0.39 is 41.3 Å². The lowest BCUT2D eigenvalue weighted by molar-refractivity contribution is -0.135. The van der Waals surface area contributed by atoms with Crippen molar-refractivity contribution in [3.8, 4) is 0 Å². The number of halogens is 2. The molecule has 1 aliphatic heterocycles. The van der Waals surface area contributed by atoms with Crippen LogP contribution in [0.3, 0.4) is 0 Å². The minimum absolute atomic E-state index is 0.0778. The van der Waals surface area contributed by atoms with Crippen LogP contribution in [0.25, 0.3) is 0 Å². The minimum Gasteiger partial charge on any atom is -0.478 e. The molecule has 0 aliphatic carbocycles. The van der Waals surface area contributed by atoms with Crippen LogP contribution in [-0.4, -0.2) is 34.5 Å². The maximum atomic E-state index is 13.9. The molecule has 1 heterocycles. The topological polar surface area (TPSA) is 121 Å². The maximum Gasteiger partial charge on any atom is 0.328 e. The Morgan fingerprint density at radius 1 is 0.925 bits per heavy atom. The second kappa shape index (κ2) is 11.9. The van der Waals surface area contributed by atoms with E-state index in [0.29, 0.717) is 17.3 Å². The van der Waals surface area contributed by atoms with Gasteiger partial charge < -0.3 is 10.4 Å². The smallest absolute Gasteiger partial charge is 0.328 e. The molecule has 2 amide bonds. The van der Waals surface area contributed by atoms with Crippen molar-refractivity contribution in [1.82, 2.24) is 0 Å². The SMILES string of the molecule is CC(C)c1cccc(N2C(=O)C(=O)C(C(=O)c3cccc(NC(=O)/C=C/C(=O)O)c3)C2c2ccc(Cl)c(Cl)c2)c1. The predicted molar refractivity (Wildman–Crippen MR) is 152 cm³/mol. The van der Waals surface area contributed by atoms with Gasteiger partial charge in [-0.15, -0.1) is 0 Å². The number of carboxylic acids is 1. The van der Waals surface area contributed by atoms with Crippen LogP contribution < -0.4 is 10.2 Å². The van der Waals surface area contributed by atoms with Crippen molar-refractivity contribution in [2.24, 2.45) is 5.92 Å². The van der Waals surface area contributed by atoms with Crippen molar-refractivity contribution in [3.63, 3.8) is 0 Å². The van der Waals surface area contributed by atoms with E-state index in [0.717, 1.165) is 11.6 Å². The van der Waals surface area contributed by atoms with Gasteiger partial charge in [0.25, 0.3) is 5.91 Å². The first-order valence-electron chi connectivity index (χ1n) is 12.3. The maximum absolute atomic E-state index is 13.9. The van der Waals surface area contributed by atoms with E-state index in [9.17, 15) is 24.0 Å². The molecule has 3 aromatic carbocycles. The van der Waals surface area contributed by atoms with Crippen LogP contribution in [0.15, 0.2) is 78.9 Å². The molecule has 0 saturated carbocycles. The van der Waals surface area contributed by atoms with E-state index in [1.165, 1.54) is 41.3 Å². The standard InChI is InChI=1S/C30H24Cl2N2O6/c1-16(2)17-5-4-8-21(14-17)34-27(18-9-10-22(31)23(32)15-18)26(29(39)30(34)40)28(38)19-6-3-7-20(13-19)33-24(35)11-12-25(36)37/h3-16,26-27H,1-2H3,(H,33,35)(H,36,37)/b12-11+. The number of benzene rings is 3. The Morgan fingerprint density at radius 2 is 1.65 bits per heavy atom. The molecular formula is C30H24Cl2N2O6. The summed E-state index contributed by atoms with van der Waals surface area (Å²) in [6, 6.07) is 16.7. The number of carbonyl (C=O) groups is 5. The Morgan fingerprint density at radius 3 is 2.33 bits per heavy atom. The van der Waals surface area contributed by atoms with Gasteiger partial charge in [-0.3, -0.25) is 24.1 Å². The van der Waals surface area contributed by atoms with E-state index in [4.69, 9.17) is 28.3 Å². The molecule has 4 rings (SSSR count). The summed E-state index contributed by atoms with van der Waals surface area (Å²) < 4.78 is 0. The molecule has 2 N–H and O–H groups in total. The highest BCUT2D eigenvalue weighted by Gasteiger charge is 2.52. The summed E-state index contributed by atoms with van der Waals surface area (Å²) in [4.78, 5) is 64.9. The summed E-state index contributed by atoms with van der Waals surface area (Å²) in [5, 5.41) is 11.7. The van der Waals surface area contributed by atoms with Crippen molar-refractivity contribution >= 4 is 63.9 Å². The van der Waals surface area contributed by atoms with Crippen molar-refractivity contribution in [2.45, 2.75) is 25.8 Å². The van der Waals surface area contributed by atoms with Gasteiger partial charge in [-0.1, -0.05) is 67.4 Å². The van der Waals surface area contributed by atoms with Crippen LogP contribution in [0.2, 0.25) is 10.0 Å². The van der Waals surface area contributed by atoms with Gasteiger partial charge in [0.15, 0.2) is 5.78 Å². The quantitative estimate of drug-likeness (QED) is 0.150. The number of hydrogen-bond donors (Lipinski definition) is 2. The minimum atomic E-state index is -1.41. The number of nitrogens with zero attached hydrogens (tertiary/aromatic N) is 1. The predicted octanol–water partition coefficient (Wildman–Crippen LogP) is 5.85. The van der Waals surface area contributed by atoms with Crippen LogP contribution >= 0.6 is 23.2 Å². The van der Waals surface area contributed by atoms with Gasteiger partial charge in [0.1, 0.15) is 5.92 Å². The average Bonchev–Trinajstić information content (AvgIpc) is 3.19. The van der Waals surface area contributed by atoms with Gasteiger partial charge >= 0.3 is 5.97 Å². The number of nitrogens with one attached hydrogen (secondary N) is 1. The lowest BCUT2D eigenvalue weighted by atomic mass is 9.86. The highest BCUT2D eigenvalue weighted by Crippen LogP contribution is 2.43. The van der Waals surface area contributed by atoms with Crippen LogP contribution in [0, 0.1) is 5.92 Å². The normalized spacial score (nSPS) is 17.1. The third-order valence-corrected chi connectivity index (χ3v) is 7.22. The number of carboxylic acid groups (broad SMARTS) is 1. The Labute approximate surface area is 240 Å². The first kappa shape index (κ1) is 28.7. The number of Topliss-reactive ketones (excluding diaryl/α,β-unsaturated/α-hetero) is 2. The summed E-state index contributed by atoms with van der Waals surface area (Å²) >= 11 is 12.4. The van der Waals surface area contributed by atoms with Gasteiger partial charge in [0.05, 0.1) is 16.1 Å². The summed E-state index contributed by atoms with van der Waals surface area (Å²) in [5.41, 5.74) is 2.14. The summed E-state index contributed by atoms with van der Waals surface area (Å²) in [5.74, 6) is -5.62. The van der Waals surface area contributed by atoms with Crippen LogP contribution in [0.4, 0.5) is 11.4 Å². The number of aliphatic carboxylic acids is 1. The molecule has 10 heteroatoms. The number of hydrogen-bond acceptors (Lipinski definition) is 5. The Bertz CT molecular complexity index is 1570. The molecule has 0 spiro atoms. The molecule has 1 fully saturated rings. The molecule has 8 nitrogen and oxygen atoms in total. The molecule has 0 aromatic heterocycles. The fourth-order valence-corrected chi connectivity index (χ4v) is 4.85. The van der Waals surface area contributed by atoms with E-state index in [1.807, 2.05) is 26.0 Å². The van der Waals surface area contributed by atoms with Gasteiger partial charge in [-0.25, -0.2) is 4.79 Å². The molecular weight excluding hydrogens is 555 g/mol. The van der Waals surface area contributed by atoms with Crippen LogP contribution in [-0.2, 0) is 19.2 Å². The molecule has 204 valence electrons. The van der Waals surface area contributed by atoms with Crippen molar-refractivity contribution in [3.05, 3.63) is 106 Å². The van der Waals surface area contributed by atoms with Crippen molar-refractivity contribution in [2.75, 3.05) is 10.2 Å². The first-order chi connectivity index (χ1) is 19.0. The Kier molecular flexibility index (Phi) is 8.52. The zero-order valence-electron chi connectivity index (χ0n) is 21.4. The molecule has 0 radical (unpaired) electrons. The molecule has 2 atom stereocenters. The van der Waals surface area contributed by atoms with E-state index in [-0.39, 0.29) is 27.2 Å². The number of amides is 2. The summed E-state index contributed by atoms with van der Waals surface area (Å²) in [6.07, 6.45) is 1.51. The monoisotopic (exact) mass is 578 g/mol. The number of anilines is 2. The third kappa shape index (κ3) is 5.98. The summed E-state index contributed by atoms with van der Waals surface area (Å²) in [7, 11) is 0. The first-order valence-corrected chi connectivity index (χ1v) is 13.0. The highest BCUT2D eigenvalue weighted by atomic mass is 35.5. The van der Waals surface area contributed by atoms with Crippen molar-refractivity contribution in [1.29, 1.82) is 0 Å². The van der Waals surface area contributed by atoms with Crippen molar-refractivity contribution < 1.29 is 29.1 Å². The second-order valence-electron chi connectivity index (χ2n) is 9.49. The fraction of sp³-hybridized carbons (Fsp3) is 0.167. The van der Waals surface area contributed by atoms with E-state index in [1.54, 1.807) is 18.2 Å². The average molecular weight is 579 g/mol. The number of ketones is 2. The van der Waals surface area contributed by atoms with E-state index in [2.05, 4.69) is 5.32 Å². The molecule has 1 aliphatic rings. The van der Waals surface area contributed by atoms with Crippen LogP contribution in [0.1, 0.15) is 47.3 Å². The number of rotatable bonds is 8. The highest BCUT2D eigenvalue weighted by molar-refractivity contribution is 6.49. The lowest BCUT2D eigenvalue weighted by Crippen LogP contribution is -2.30. The third-order valence-electron chi connectivity index (χ3n) is 6.48. The Hall–Kier alpha value is -4.27. The summed E-state index contributed by atoms with van der Waals surface area (Å²) in [6.45, 7) is 4.00. The van der Waals surface area contributed by atoms with E-state index >= 15 is 0 Å². The molecule has 2 unspecified atom stereocenters. The number of carbonyl (C=O) groups excluding carboxylic acids is 4. The zero-order chi connectivity index (χ0) is 29.1. The zero-order valence-corrected chi connectivity index (χ0v) is 22.9. The largest absolute Gasteiger partial charge is 0.478 e. The molecule has 3 aromatic rings. The molecule has 0 bridgehead atoms. The fourth-order valence-electron chi connectivity index (χ4n) is 4.54. The van der Waals surface area contributed by atoms with Crippen LogP contribution in [0.5, 0.6) is 0 Å². The van der Waals surface area contributed by atoms with Gasteiger partial charge in [-0.2, -0.15) is 0 Å². The second-order valence-corrected chi connectivity index (χ2v) is 10.3. The molecule has 40 heavy (non-hydrogen) atoms. The molecule has 1 saturated heterocycles. The van der Waals surface area contributed by atoms with Gasteiger partial charge in [0, 0.05) is 29.1 Å². The Balaban J connectivity index is 1.78.